The highest BCUT2D eigenvalue weighted by Gasteiger charge is 2.41. The molecule has 2 atom stereocenters. The first kappa shape index (κ1) is 9.97. The minimum Gasteiger partial charge on any atom is -0.365 e. The number of rotatable bonds is 1. The standard InChI is InChI=1S/C10H12ClF2N/c11-8-6-10(12,13)4-3-7(8)9-2-1-5-14-9/h1-2,5,7-8,14H,3-4,6H2. The summed E-state index contributed by atoms with van der Waals surface area (Å²) in [5, 5.41) is -0.461. The molecule has 78 valence electrons. The second-order valence-electron chi connectivity index (χ2n) is 3.85. The van der Waals surface area contributed by atoms with Crippen molar-refractivity contribution in [2.75, 3.05) is 0 Å². The fourth-order valence-electron chi connectivity index (χ4n) is 2.00. The van der Waals surface area contributed by atoms with E-state index in [1.165, 1.54) is 0 Å². The van der Waals surface area contributed by atoms with Gasteiger partial charge in [-0.1, -0.05) is 0 Å². The summed E-state index contributed by atoms with van der Waals surface area (Å²) in [6.07, 6.45) is 1.99. The second kappa shape index (κ2) is 3.54. The van der Waals surface area contributed by atoms with Gasteiger partial charge < -0.3 is 4.98 Å². The van der Waals surface area contributed by atoms with Crippen molar-refractivity contribution in [1.29, 1.82) is 0 Å². The molecule has 0 saturated heterocycles. The van der Waals surface area contributed by atoms with Gasteiger partial charge in [0.15, 0.2) is 0 Å². The van der Waals surface area contributed by atoms with E-state index in [4.69, 9.17) is 11.6 Å². The molecule has 0 bridgehead atoms. The highest BCUT2D eigenvalue weighted by atomic mass is 35.5. The van der Waals surface area contributed by atoms with Gasteiger partial charge in [0.2, 0.25) is 5.92 Å². The van der Waals surface area contributed by atoms with Crippen LogP contribution in [0, 0.1) is 0 Å². The molecule has 1 aliphatic carbocycles. The zero-order chi connectivity index (χ0) is 10.2. The summed E-state index contributed by atoms with van der Waals surface area (Å²) in [5.74, 6) is -2.53. The van der Waals surface area contributed by atoms with Crippen LogP contribution in [0.15, 0.2) is 18.3 Å². The van der Waals surface area contributed by atoms with Crippen LogP contribution in [0.5, 0.6) is 0 Å². The van der Waals surface area contributed by atoms with E-state index in [1.807, 2.05) is 12.1 Å². The van der Waals surface area contributed by atoms with E-state index < -0.39 is 11.3 Å². The van der Waals surface area contributed by atoms with E-state index in [-0.39, 0.29) is 18.8 Å². The molecule has 14 heavy (non-hydrogen) atoms. The zero-order valence-electron chi connectivity index (χ0n) is 7.64. The lowest BCUT2D eigenvalue weighted by atomic mass is 9.84. The van der Waals surface area contributed by atoms with Crippen LogP contribution in [-0.2, 0) is 0 Å². The summed E-state index contributed by atoms with van der Waals surface area (Å²) in [5.41, 5.74) is 0.973. The second-order valence-corrected chi connectivity index (χ2v) is 4.41. The van der Waals surface area contributed by atoms with Crippen molar-refractivity contribution in [3.63, 3.8) is 0 Å². The maximum atomic E-state index is 13.0. The molecule has 0 aliphatic heterocycles. The van der Waals surface area contributed by atoms with E-state index in [0.717, 1.165) is 5.69 Å². The smallest absolute Gasteiger partial charge is 0.249 e. The van der Waals surface area contributed by atoms with Crippen LogP contribution in [-0.4, -0.2) is 16.3 Å². The molecule has 1 aromatic rings. The molecule has 2 rings (SSSR count). The van der Waals surface area contributed by atoms with Gasteiger partial charge in [0.1, 0.15) is 0 Å². The Morgan fingerprint density at radius 1 is 1.50 bits per heavy atom. The van der Waals surface area contributed by atoms with Crippen molar-refractivity contribution in [3.05, 3.63) is 24.0 Å². The first-order valence-electron chi connectivity index (χ1n) is 4.74. The molecular weight excluding hydrogens is 208 g/mol. The quantitative estimate of drug-likeness (QED) is 0.696. The molecule has 0 spiro atoms. The van der Waals surface area contributed by atoms with Gasteiger partial charge in [-0.25, -0.2) is 8.78 Å². The van der Waals surface area contributed by atoms with Crippen molar-refractivity contribution in [3.8, 4) is 0 Å². The van der Waals surface area contributed by atoms with Crippen molar-refractivity contribution in [1.82, 2.24) is 4.98 Å². The van der Waals surface area contributed by atoms with E-state index in [0.29, 0.717) is 6.42 Å². The predicted octanol–water partition coefficient (Wildman–Crippen LogP) is 3.52. The summed E-state index contributed by atoms with van der Waals surface area (Å²) in [4.78, 5) is 3.04. The SMILES string of the molecule is FC1(F)CCC(c2ccc[nH]2)C(Cl)C1. The summed E-state index contributed by atoms with van der Waals surface area (Å²) >= 11 is 5.96. The molecule has 0 radical (unpaired) electrons. The van der Waals surface area contributed by atoms with Crippen molar-refractivity contribution >= 4 is 11.6 Å². The monoisotopic (exact) mass is 219 g/mol. The van der Waals surface area contributed by atoms with Crippen molar-refractivity contribution in [2.45, 2.75) is 36.5 Å². The van der Waals surface area contributed by atoms with E-state index in [9.17, 15) is 8.78 Å². The number of hydrogen-bond donors (Lipinski definition) is 1. The fourth-order valence-corrected chi connectivity index (χ4v) is 2.49. The number of aromatic nitrogens is 1. The third-order valence-corrected chi connectivity index (χ3v) is 3.23. The van der Waals surface area contributed by atoms with Crippen LogP contribution >= 0.6 is 11.6 Å². The van der Waals surface area contributed by atoms with Crippen LogP contribution in [0.2, 0.25) is 0 Å². The Morgan fingerprint density at radius 3 is 2.86 bits per heavy atom. The highest BCUT2D eigenvalue weighted by Crippen LogP contribution is 2.43. The molecule has 2 unspecified atom stereocenters. The molecule has 1 aliphatic rings. The van der Waals surface area contributed by atoms with Gasteiger partial charge in [-0.2, -0.15) is 0 Å². The average Bonchev–Trinajstić information content (AvgIpc) is 2.54. The Bertz CT molecular complexity index is 297. The molecule has 0 amide bonds. The minimum absolute atomic E-state index is 0.0475. The van der Waals surface area contributed by atoms with Gasteiger partial charge in [0, 0.05) is 36.0 Å². The van der Waals surface area contributed by atoms with Crippen LogP contribution in [0.3, 0.4) is 0 Å². The topological polar surface area (TPSA) is 15.8 Å². The molecule has 1 N–H and O–H groups in total. The molecule has 0 aromatic carbocycles. The molecule has 1 saturated carbocycles. The Kier molecular flexibility index (Phi) is 2.52. The van der Waals surface area contributed by atoms with Gasteiger partial charge in [-0.05, 0) is 18.6 Å². The largest absolute Gasteiger partial charge is 0.365 e. The number of aromatic amines is 1. The summed E-state index contributed by atoms with van der Waals surface area (Å²) < 4.78 is 26.0. The van der Waals surface area contributed by atoms with E-state index >= 15 is 0 Å². The van der Waals surface area contributed by atoms with E-state index in [2.05, 4.69) is 4.98 Å². The number of alkyl halides is 3. The predicted molar refractivity (Wildman–Crippen MR) is 52.0 cm³/mol. The Balaban J connectivity index is 2.10. The Morgan fingerprint density at radius 2 is 2.29 bits per heavy atom. The summed E-state index contributed by atoms with van der Waals surface area (Å²) in [7, 11) is 0. The van der Waals surface area contributed by atoms with Gasteiger partial charge in [-0.15, -0.1) is 11.6 Å². The third kappa shape index (κ3) is 1.92. The molecule has 1 nitrogen and oxygen atoms in total. The normalized spacial score (nSPS) is 31.6. The van der Waals surface area contributed by atoms with Gasteiger partial charge in [-0.3, -0.25) is 0 Å². The molecule has 1 fully saturated rings. The lowest BCUT2D eigenvalue weighted by Crippen LogP contribution is -2.32. The van der Waals surface area contributed by atoms with E-state index in [1.54, 1.807) is 6.20 Å². The molecule has 1 aromatic heterocycles. The first-order chi connectivity index (χ1) is 6.58. The summed E-state index contributed by atoms with van der Waals surface area (Å²) in [6, 6.07) is 3.77. The van der Waals surface area contributed by atoms with Crippen molar-refractivity contribution < 1.29 is 8.78 Å². The van der Waals surface area contributed by atoms with Gasteiger partial charge >= 0.3 is 0 Å². The molecular formula is C10H12ClF2N. The Labute approximate surface area is 86.5 Å². The minimum atomic E-state index is -2.57. The average molecular weight is 220 g/mol. The van der Waals surface area contributed by atoms with Crippen molar-refractivity contribution in [2.24, 2.45) is 0 Å². The molecule has 1 heterocycles. The lowest BCUT2D eigenvalue weighted by molar-refractivity contribution is -0.0367. The number of halogens is 3. The van der Waals surface area contributed by atoms with Crippen LogP contribution in [0.25, 0.3) is 0 Å². The fraction of sp³-hybridized carbons (Fsp3) is 0.600. The van der Waals surface area contributed by atoms with Crippen LogP contribution in [0.1, 0.15) is 30.9 Å². The van der Waals surface area contributed by atoms with Gasteiger partial charge in [0.05, 0.1) is 0 Å². The maximum absolute atomic E-state index is 13.0. The first-order valence-corrected chi connectivity index (χ1v) is 5.17. The Hall–Kier alpha value is -0.570. The highest BCUT2D eigenvalue weighted by molar-refractivity contribution is 6.21. The zero-order valence-corrected chi connectivity index (χ0v) is 8.40. The molecule has 4 heteroatoms. The van der Waals surface area contributed by atoms with Gasteiger partial charge in [0.25, 0.3) is 0 Å². The maximum Gasteiger partial charge on any atom is 0.249 e. The van der Waals surface area contributed by atoms with Crippen LogP contribution < -0.4 is 0 Å². The number of H-pyrrole nitrogens is 1. The lowest BCUT2D eigenvalue weighted by Gasteiger charge is -2.31. The number of hydrogen-bond acceptors (Lipinski definition) is 0. The summed E-state index contributed by atoms with van der Waals surface area (Å²) in [6.45, 7) is 0. The number of nitrogens with one attached hydrogen (secondary N) is 1. The van der Waals surface area contributed by atoms with Crippen LogP contribution in [0.4, 0.5) is 8.78 Å². The third-order valence-electron chi connectivity index (χ3n) is 2.77.